The number of nitrogens with zero attached hydrogens (tertiary/aromatic N) is 4. The van der Waals surface area contributed by atoms with Crippen molar-refractivity contribution in [3.63, 3.8) is 0 Å². The summed E-state index contributed by atoms with van der Waals surface area (Å²) in [4.78, 5) is 136. The monoisotopic (exact) mass is 1180 g/mol. The Morgan fingerprint density at radius 1 is 0.833 bits per heavy atom. The van der Waals surface area contributed by atoms with Gasteiger partial charge in [-0.25, -0.2) is 18.8 Å². The summed E-state index contributed by atoms with van der Waals surface area (Å²) < 4.78 is 26.0. The third-order valence-electron chi connectivity index (χ3n) is 14.3. The summed E-state index contributed by atoms with van der Waals surface area (Å²) >= 11 is 1.14. The number of phenols is 4. The van der Waals surface area contributed by atoms with Crippen LogP contribution in [0.15, 0.2) is 96.1 Å². The molecule has 4 aromatic rings. The fraction of sp³-hybridized carbons (Fsp3) is 0.357. The van der Waals surface area contributed by atoms with Crippen molar-refractivity contribution in [3.8, 4) is 23.0 Å². The second kappa shape index (κ2) is 27.0. The molecule has 2 unspecified atom stereocenters. The van der Waals surface area contributed by atoms with Crippen LogP contribution in [-0.4, -0.2) is 190 Å². The molecule has 3 fully saturated rings. The number of ketones is 1. The summed E-state index contributed by atoms with van der Waals surface area (Å²) in [6, 6.07) is 17.1. The van der Waals surface area contributed by atoms with E-state index < -0.39 is 131 Å². The van der Waals surface area contributed by atoms with Gasteiger partial charge in [0.05, 0.1) is 53.6 Å². The highest BCUT2D eigenvalue weighted by Gasteiger charge is 2.57. The van der Waals surface area contributed by atoms with Crippen molar-refractivity contribution in [2.24, 2.45) is 5.92 Å². The molecular formula is C56H60FN9O17S. The number of cyclic esters (lactones) is 1. The van der Waals surface area contributed by atoms with Crippen LogP contribution in [-0.2, 0) is 38.2 Å². The van der Waals surface area contributed by atoms with Crippen molar-refractivity contribution in [2.75, 3.05) is 87.6 Å². The number of carboxylic acid groups (broad SMARTS) is 1. The fourth-order valence-electron chi connectivity index (χ4n) is 9.95. The van der Waals surface area contributed by atoms with Crippen molar-refractivity contribution in [1.82, 2.24) is 36.4 Å². The highest BCUT2D eigenvalue weighted by atomic mass is 32.2. The summed E-state index contributed by atoms with van der Waals surface area (Å²) in [6.07, 6.45) is -1.92. The number of aromatic hydroxyl groups is 4. The van der Waals surface area contributed by atoms with Crippen molar-refractivity contribution in [1.29, 1.82) is 0 Å². The quantitative estimate of drug-likeness (QED) is 0.0397. The summed E-state index contributed by atoms with van der Waals surface area (Å²) in [7, 11) is 0. The minimum Gasteiger partial charge on any atom is -0.504 e. The number of piperazine rings is 1. The van der Waals surface area contributed by atoms with Crippen LogP contribution < -0.4 is 36.4 Å². The van der Waals surface area contributed by atoms with Crippen molar-refractivity contribution < 1.29 is 87.3 Å². The Morgan fingerprint density at radius 3 is 2.20 bits per heavy atom. The topological polar surface area (TPSA) is 363 Å². The molecule has 84 heavy (non-hydrogen) atoms. The van der Waals surface area contributed by atoms with Gasteiger partial charge >= 0.3 is 18.2 Å². The SMILES string of the molecule is CC(=O)NC[C@H]1CN(c2ccc(N3CCN(C(=O)CNC(=O)OCC4=C(C(=O)O)C5C(=O)[C@@H](NC(=O)C(NC(=O)CN(CCCCNC(=O)c6cccc(O)c6O)C(=O)c6cccc(O)c6O)c6ccccc6)[C@H]5SC4)CC3)c(F)c2)C(=O)O1. The molecule has 1 saturated carbocycles. The largest absolute Gasteiger partial charge is 0.504 e. The second-order valence-electron chi connectivity index (χ2n) is 19.9. The number of ether oxygens (including phenoxy) is 2. The Hall–Kier alpha value is -9.60. The maximum Gasteiger partial charge on any atom is 0.414 e. The first-order valence-corrected chi connectivity index (χ1v) is 27.6. The van der Waals surface area contributed by atoms with Gasteiger partial charge in [0.1, 0.15) is 37.2 Å². The molecule has 8 rings (SSSR count). The summed E-state index contributed by atoms with van der Waals surface area (Å²) in [5.41, 5.74) is 0.0725. The summed E-state index contributed by atoms with van der Waals surface area (Å²) in [5.74, 6) is -10.4. The molecule has 0 radical (unpaired) electrons. The lowest BCUT2D eigenvalue weighted by molar-refractivity contribution is -0.140. The van der Waals surface area contributed by atoms with Gasteiger partial charge in [-0.3, -0.25) is 38.5 Å². The van der Waals surface area contributed by atoms with E-state index >= 15 is 4.39 Å². The van der Waals surface area contributed by atoms with Gasteiger partial charge in [-0.1, -0.05) is 42.5 Å². The number of hydrogen-bond acceptors (Lipinski definition) is 18. The highest BCUT2D eigenvalue weighted by Crippen LogP contribution is 2.46. The molecule has 2 saturated heterocycles. The number of alkyl carbamates (subject to hydrolysis) is 1. The molecule has 444 valence electrons. The number of halogens is 1. The van der Waals surface area contributed by atoms with E-state index in [0.29, 0.717) is 0 Å². The van der Waals surface area contributed by atoms with Gasteiger partial charge < -0.3 is 76.3 Å². The normalized spacial score (nSPS) is 18.5. The first kappa shape index (κ1) is 60.5. The number of nitrogens with one attached hydrogen (secondary N) is 5. The van der Waals surface area contributed by atoms with Gasteiger partial charge in [-0.2, -0.15) is 11.8 Å². The predicted octanol–water partition coefficient (Wildman–Crippen LogP) is 1.87. The maximum atomic E-state index is 15.4. The molecule has 28 heteroatoms. The molecule has 4 aliphatic rings. The number of carboxylic acids is 1. The minimum absolute atomic E-state index is 0.0293. The molecule has 3 heterocycles. The Labute approximate surface area is 482 Å². The number of carbonyl (C=O) groups excluding carboxylic acids is 9. The maximum absolute atomic E-state index is 15.4. The number of para-hydroxylation sites is 2. The molecule has 26 nitrogen and oxygen atoms in total. The first-order chi connectivity index (χ1) is 40.2. The van der Waals surface area contributed by atoms with Gasteiger partial charge in [0.25, 0.3) is 11.8 Å². The Kier molecular flexibility index (Phi) is 19.4. The van der Waals surface area contributed by atoms with E-state index in [1.54, 1.807) is 29.2 Å². The molecule has 10 N–H and O–H groups in total. The van der Waals surface area contributed by atoms with Gasteiger partial charge in [-0.15, -0.1) is 0 Å². The van der Waals surface area contributed by atoms with E-state index in [-0.39, 0.29) is 116 Å². The van der Waals surface area contributed by atoms with Gasteiger partial charge in [0, 0.05) is 57.2 Å². The number of carbonyl (C=O) groups is 10. The average Bonchev–Trinajstić information content (AvgIpc) is 3.31. The zero-order chi connectivity index (χ0) is 60.4. The van der Waals surface area contributed by atoms with Crippen LogP contribution in [0.25, 0.3) is 0 Å². The lowest BCUT2D eigenvalue weighted by atomic mass is 9.71. The number of hydrogen-bond donors (Lipinski definition) is 10. The highest BCUT2D eigenvalue weighted by molar-refractivity contribution is 8.00. The van der Waals surface area contributed by atoms with Crippen LogP contribution in [0.3, 0.4) is 0 Å². The smallest absolute Gasteiger partial charge is 0.414 e. The van der Waals surface area contributed by atoms with Gasteiger partial charge in [0.2, 0.25) is 23.6 Å². The molecule has 3 aliphatic heterocycles. The molecule has 4 aromatic carbocycles. The van der Waals surface area contributed by atoms with Crippen LogP contribution in [0.5, 0.6) is 23.0 Å². The van der Waals surface area contributed by atoms with Gasteiger partial charge in [-0.05, 0) is 66.4 Å². The number of amides is 8. The van der Waals surface area contributed by atoms with Crippen LogP contribution in [0.1, 0.15) is 52.1 Å². The molecule has 0 spiro atoms. The molecule has 1 aliphatic carbocycles. The minimum atomic E-state index is -1.46. The van der Waals surface area contributed by atoms with Crippen molar-refractivity contribution >= 4 is 82.5 Å². The number of thioether (sulfide) groups is 1. The number of anilines is 2. The number of aliphatic carboxylic acids is 1. The second-order valence-corrected chi connectivity index (χ2v) is 21.1. The third kappa shape index (κ3) is 14.2. The third-order valence-corrected chi connectivity index (χ3v) is 15.8. The summed E-state index contributed by atoms with van der Waals surface area (Å²) in [5, 5.41) is 62.9. The van der Waals surface area contributed by atoms with Crippen LogP contribution in [0.4, 0.5) is 25.4 Å². The predicted molar refractivity (Wildman–Crippen MR) is 297 cm³/mol. The number of unbranched alkanes of at least 4 members (excludes halogenated alkanes) is 1. The Bertz CT molecular complexity index is 3270. The molecule has 0 bridgehead atoms. The average molecular weight is 1180 g/mol. The number of rotatable bonds is 22. The molecular weight excluding hydrogens is 1120 g/mol. The molecule has 5 atom stereocenters. The number of phenolic OH excluding ortho intramolecular Hbond substituents is 4. The Morgan fingerprint density at radius 2 is 1.52 bits per heavy atom. The van der Waals surface area contributed by atoms with Gasteiger partial charge in [0.15, 0.2) is 28.8 Å². The van der Waals surface area contributed by atoms with E-state index in [4.69, 9.17) is 9.47 Å². The van der Waals surface area contributed by atoms with Crippen LogP contribution >= 0.6 is 11.8 Å². The number of fused-ring (bicyclic) bond motifs is 1. The number of benzene rings is 4. The molecule has 8 amide bonds. The Balaban J connectivity index is 0.824. The van der Waals surface area contributed by atoms with E-state index in [2.05, 4.69) is 26.6 Å². The lowest BCUT2D eigenvalue weighted by Crippen LogP contribution is -2.66. The summed E-state index contributed by atoms with van der Waals surface area (Å²) in [6.45, 7) is 0.577. The zero-order valence-electron chi connectivity index (χ0n) is 45.1. The van der Waals surface area contributed by atoms with Crippen LogP contribution in [0.2, 0.25) is 0 Å². The standard InChI is InChI=1S/C56H60FN9O17S/c1-30(67)59-24-34-26-66(56(81)83-34)33-15-16-38(37(57)23-33)63-19-21-64(22-20-63)42(71)25-60-55(80)82-28-32-29-84-50-44(43(32)54(78)79)49(74)46(50)62-52(76)45(31-9-3-2-4-10-31)61-41(70)27-65(53(77)36-12-8-14-40(69)48(36)73)18-6-5-17-58-51(75)35-11-7-13-39(68)47(35)72/h2-4,7-16,23,34,44-46,50,68-69,72-73H,5-6,17-22,24-29H2,1H3,(H,58,75)(H,59,67)(H,60,80)(H,61,70)(H,62,76)(H,78,79)/t34-,44?,45?,46+,50-/m0/s1. The molecule has 0 aromatic heterocycles. The zero-order valence-corrected chi connectivity index (χ0v) is 45.9. The van der Waals surface area contributed by atoms with E-state index in [1.165, 1.54) is 71.3 Å². The lowest BCUT2D eigenvalue weighted by Gasteiger charge is -2.46. The first-order valence-electron chi connectivity index (χ1n) is 26.5. The van der Waals surface area contributed by atoms with E-state index in [0.717, 1.165) is 22.7 Å². The van der Waals surface area contributed by atoms with Crippen molar-refractivity contribution in [2.45, 2.75) is 43.2 Å². The van der Waals surface area contributed by atoms with E-state index in [1.807, 2.05) is 0 Å². The van der Waals surface area contributed by atoms with E-state index in [9.17, 15) is 73.5 Å². The van der Waals surface area contributed by atoms with Crippen LogP contribution in [0, 0.1) is 11.7 Å². The fourth-order valence-corrected chi connectivity index (χ4v) is 11.4. The van der Waals surface area contributed by atoms with Crippen molar-refractivity contribution in [3.05, 3.63) is 119 Å². The number of Topliss-reactive ketones (excluding diaryl/α,β-unsaturated/α-hetero) is 1.